The van der Waals surface area contributed by atoms with Crippen molar-refractivity contribution >= 4 is 11.8 Å². The number of piperidine rings is 1. The molecule has 3 fully saturated rings. The third-order valence-corrected chi connectivity index (χ3v) is 6.73. The van der Waals surface area contributed by atoms with Crippen LogP contribution in [0.25, 0.3) is 0 Å². The normalized spacial score (nSPS) is 25.4. The van der Waals surface area contributed by atoms with Crippen molar-refractivity contribution in [2.24, 2.45) is 11.8 Å². The smallest absolute Gasteiger partial charge is 0.241 e. The first-order valence-corrected chi connectivity index (χ1v) is 10.9. The van der Waals surface area contributed by atoms with Gasteiger partial charge in [-0.2, -0.15) is 0 Å². The minimum Gasteiger partial charge on any atom is -0.467 e. The van der Waals surface area contributed by atoms with E-state index < -0.39 is 0 Å². The molecule has 1 aliphatic carbocycles. The van der Waals surface area contributed by atoms with Crippen molar-refractivity contribution in [1.82, 2.24) is 15.1 Å². The van der Waals surface area contributed by atoms with Gasteiger partial charge in [-0.15, -0.1) is 0 Å². The van der Waals surface area contributed by atoms with Gasteiger partial charge in [-0.1, -0.05) is 26.7 Å². The Labute approximate surface area is 167 Å². The van der Waals surface area contributed by atoms with Gasteiger partial charge in [-0.3, -0.25) is 14.9 Å². The molecule has 1 aromatic rings. The average molecular weight is 388 g/mol. The van der Waals surface area contributed by atoms with Crippen molar-refractivity contribution in [3.8, 4) is 0 Å². The lowest BCUT2D eigenvalue weighted by molar-refractivity contribution is -0.140. The van der Waals surface area contributed by atoms with E-state index in [1.54, 1.807) is 6.26 Å². The van der Waals surface area contributed by atoms with E-state index in [1.165, 1.54) is 12.8 Å². The van der Waals surface area contributed by atoms with Crippen molar-refractivity contribution < 1.29 is 14.0 Å². The van der Waals surface area contributed by atoms with Crippen LogP contribution in [-0.2, 0) is 16.1 Å². The number of hydrogen-bond donors (Lipinski definition) is 1. The summed E-state index contributed by atoms with van der Waals surface area (Å²) < 4.78 is 5.53. The van der Waals surface area contributed by atoms with Crippen molar-refractivity contribution in [3.63, 3.8) is 0 Å². The predicted molar refractivity (Wildman–Crippen MR) is 106 cm³/mol. The standard InChI is InChI=1S/C22H33N3O3/c1-16(2)14-19-21(27)25(15-18-8-5-13-28-18)22(23-19)9-11-24(12-10-22)20(26)17-6-3-4-7-17/h5,8,13,16-17,19,23H,3-4,6-7,9-12,14-15H2,1-2H3. The van der Waals surface area contributed by atoms with Crippen LogP contribution in [0.4, 0.5) is 0 Å². The van der Waals surface area contributed by atoms with E-state index in [9.17, 15) is 9.59 Å². The fourth-order valence-corrected chi connectivity index (χ4v) is 5.22. The summed E-state index contributed by atoms with van der Waals surface area (Å²) in [6.45, 7) is 6.24. The molecule has 154 valence electrons. The molecule has 0 aromatic carbocycles. The second-order valence-corrected chi connectivity index (χ2v) is 9.17. The van der Waals surface area contributed by atoms with Gasteiger partial charge in [0.15, 0.2) is 0 Å². The van der Waals surface area contributed by atoms with Gasteiger partial charge in [-0.05, 0) is 37.3 Å². The fourth-order valence-electron chi connectivity index (χ4n) is 5.22. The van der Waals surface area contributed by atoms with Gasteiger partial charge in [0.05, 0.1) is 24.5 Å². The summed E-state index contributed by atoms with van der Waals surface area (Å²) >= 11 is 0. The highest BCUT2D eigenvalue weighted by atomic mass is 16.3. The summed E-state index contributed by atoms with van der Waals surface area (Å²) in [5.74, 6) is 1.98. The molecule has 1 atom stereocenters. The molecular formula is C22H33N3O3. The Kier molecular flexibility index (Phi) is 5.50. The zero-order valence-electron chi connectivity index (χ0n) is 17.2. The Morgan fingerprint density at radius 2 is 2.00 bits per heavy atom. The topological polar surface area (TPSA) is 65.8 Å². The molecule has 1 saturated carbocycles. The lowest BCUT2D eigenvalue weighted by Crippen LogP contribution is -2.59. The number of nitrogens with one attached hydrogen (secondary N) is 1. The largest absolute Gasteiger partial charge is 0.467 e. The number of furan rings is 1. The second-order valence-electron chi connectivity index (χ2n) is 9.17. The summed E-state index contributed by atoms with van der Waals surface area (Å²) in [4.78, 5) is 30.1. The van der Waals surface area contributed by atoms with Crippen molar-refractivity contribution in [2.45, 2.75) is 77.0 Å². The van der Waals surface area contributed by atoms with Crippen molar-refractivity contribution in [2.75, 3.05) is 13.1 Å². The van der Waals surface area contributed by atoms with E-state index in [2.05, 4.69) is 19.2 Å². The molecule has 4 rings (SSSR count). The van der Waals surface area contributed by atoms with Crippen LogP contribution in [0.1, 0.15) is 64.6 Å². The maximum absolute atomic E-state index is 13.2. The first kappa shape index (κ1) is 19.5. The first-order valence-electron chi connectivity index (χ1n) is 10.9. The lowest BCUT2D eigenvalue weighted by Gasteiger charge is -2.45. The summed E-state index contributed by atoms with van der Waals surface area (Å²) in [5, 5.41) is 3.68. The molecule has 0 bridgehead atoms. The molecule has 3 heterocycles. The zero-order chi connectivity index (χ0) is 19.7. The molecule has 1 N–H and O–H groups in total. The van der Waals surface area contributed by atoms with Crippen molar-refractivity contribution in [1.29, 1.82) is 0 Å². The summed E-state index contributed by atoms with van der Waals surface area (Å²) in [5.41, 5.74) is -0.365. The molecular weight excluding hydrogens is 354 g/mol. The average Bonchev–Trinajstić information content (AvgIpc) is 3.41. The Morgan fingerprint density at radius 1 is 1.29 bits per heavy atom. The van der Waals surface area contributed by atoms with Crippen LogP contribution in [0.15, 0.2) is 22.8 Å². The van der Waals surface area contributed by atoms with Crippen LogP contribution in [0.2, 0.25) is 0 Å². The van der Waals surface area contributed by atoms with Gasteiger partial charge in [0, 0.05) is 31.8 Å². The number of amides is 2. The third kappa shape index (κ3) is 3.71. The molecule has 2 amide bonds. The van der Waals surface area contributed by atoms with E-state index in [0.29, 0.717) is 18.4 Å². The molecule has 6 nitrogen and oxygen atoms in total. The molecule has 28 heavy (non-hydrogen) atoms. The Morgan fingerprint density at radius 3 is 2.61 bits per heavy atom. The van der Waals surface area contributed by atoms with Gasteiger partial charge in [0.2, 0.25) is 11.8 Å². The molecule has 1 spiro atoms. The summed E-state index contributed by atoms with van der Waals surface area (Å²) in [7, 11) is 0. The number of nitrogens with zero attached hydrogens (tertiary/aromatic N) is 2. The highest BCUT2D eigenvalue weighted by molar-refractivity contribution is 5.85. The van der Waals surface area contributed by atoms with Crippen LogP contribution >= 0.6 is 0 Å². The number of likely N-dealkylation sites (tertiary alicyclic amines) is 1. The monoisotopic (exact) mass is 387 g/mol. The van der Waals surface area contributed by atoms with Crippen LogP contribution in [0, 0.1) is 11.8 Å². The van der Waals surface area contributed by atoms with Gasteiger partial charge >= 0.3 is 0 Å². The van der Waals surface area contributed by atoms with Gasteiger partial charge < -0.3 is 14.2 Å². The predicted octanol–water partition coefficient (Wildman–Crippen LogP) is 3.14. The molecule has 2 aliphatic heterocycles. The van der Waals surface area contributed by atoms with Crippen molar-refractivity contribution in [3.05, 3.63) is 24.2 Å². The highest BCUT2D eigenvalue weighted by Crippen LogP contribution is 2.36. The van der Waals surface area contributed by atoms with E-state index >= 15 is 0 Å². The molecule has 1 unspecified atom stereocenters. The van der Waals surface area contributed by atoms with E-state index in [0.717, 1.165) is 51.0 Å². The van der Waals surface area contributed by atoms with Crippen LogP contribution < -0.4 is 5.32 Å². The fraction of sp³-hybridized carbons (Fsp3) is 0.727. The molecule has 0 radical (unpaired) electrons. The Bertz CT molecular complexity index is 686. The number of carbonyl (C=O) groups is 2. The minimum atomic E-state index is -0.365. The van der Waals surface area contributed by atoms with E-state index in [4.69, 9.17) is 4.42 Å². The van der Waals surface area contributed by atoms with E-state index in [1.807, 2.05) is 21.9 Å². The number of hydrogen-bond acceptors (Lipinski definition) is 4. The van der Waals surface area contributed by atoms with Crippen LogP contribution in [-0.4, -0.2) is 46.4 Å². The highest BCUT2D eigenvalue weighted by Gasteiger charge is 2.52. The maximum atomic E-state index is 13.2. The van der Waals surface area contributed by atoms with Crippen LogP contribution in [0.5, 0.6) is 0 Å². The number of rotatable bonds is 5. The summed E-state index contributed by atoms with van der Waals surface area (Å²) in [6.07, 6.45) is 8.50. The quantitative estimate of drug-likeness (QED) is 0.843. The lowest BCUT2D eigenvalue weighted by atomic mass is 9.94. The maximum Gasteiger partial charge on any atom is 0.241 e. The zero-order valence-corrected chi connectivity index (χ0v) is 17.2. The second kappa shape index (κ2) is 7.90. The summed E-state index contributed by atoms with van der Waals surface area (Å²) in [6, 6.07) is 3.65. The van der Waals surface area contributed by atoms with E-state index in [-0.39, 0.29) is 23.5 Å². The molecule has 2 saturated heterocycles. The first-order chi connectivity index (χ1) is 13.5. The Hall–Kier alpha value is -1.82. The number of carbonyl (C=O) groups excluding carboxylic acids is 2. The molecule has 6 heteroatoms. The SMILES string of the molecule is CC(C)CC1NC2(CCN(C(=O)C3CCCC3)CC2)N(Cc2ccco2)C1=O. The van der Waals surface area contributed by atoms with Crippen LogP contribution in [0.3, 0.4) is 0 Å². The minimum absolute atomic E-state index is 0.146. The Balaban J connectivity index is 1.48. The third-order valence-electron chi connectivity index (χ3n) is 6.73. The van der Waals surface area contributed by atoms with Gasteiger partial charge in [-0.25, -0.2) is 0 Å². The van der Waals surface area contributed by atoms with Gasteiger partial charge in [0.25, 0.3) is 0 Å². The molecule has 3 aliphatic rings. The molecule has 1 aromatic heterocycles. The van der Waals surface area contributed by atoms with Gasteiger partial charge in [0.1, 0.15) is 5.76 Å².